The second-order valence-corrected chi connectivity index (χ2v) is 41.4. The molecule has 0 bridgehead atoms. The van der Waals surface area contributed by atoms with Gasteiger partial charge in [-0.3, -0.25) is 4.39 Å². The van der Waals surface area contributed by atoms with E-state index < -0.39 is 26.5 Å². The van der Waals surface area contributed by atoms with Crippen LogP contribution in [0.4, 0.5) is 4.39 Å². The smallest absolute Gasteiger partial charge is 0 e. The van der Waals surface area contributed by atoms with E-state index in [-0.39, 0.29) is 43.2 Å². The maximum absolute atomic E-state index is 12.8. The third-order valence-electron chi connectivity index (χ3n) is 13.8. The van der Waals surface area contributed by atoms with Crippen molar-refractivity contribution >= 4 is 68.3 Å². The molecule has 1 radical (unpaired) electrons. The zero-order valence-electron chi connectivity index (χ0n) is 41.0. The Kier molecular flexibility index (Phi) is 13.8. The first-order valence-corrected chi connectivity index (χ1v) is 37.0. The van der Waals surface area contributed by atoms with Crippen LogP contribution in [0.3, 0.4) is 0 Å². The van der Waals surface area contributed by atoms with Crippen LogP contribution in [-0.4, -0.2) is 41.1 Å². The van der Waals surface area contributed by atoms with Gasteiger partial charge < -0.3 is 4.98 Å². The van der Waals surface area contributed by atoms with E-state index >= 15 is 0 Å². The van der Waals surface area contributed by atoms with Gasteiger partial charge in [-0.05, 0) is 28.8 Å². The predicted molar refractivity (Wildman–Crippen MR) is 282 cm³/mol. The predicted octanol–water partition coefficient (Wildman–Crippen LogP) is 15.0. The molecule has 0 unspecified atom stereocenters. The number of pyridine rings is 1. The molecule has 0 spiro atoms. The molecule has 10 rings (SSSR count). The first-order valence-electron chi connectivity index (χ1n) is 23.6. The van der Waals surface area contributed by atoms with Crippen LogP contribution in [0.15, 0.2) is 126 Å². The van der Waals surface area contributed by atoms with Gasteiger partial charge in [-0.15, -0.1) is 35.9 Å². The van der Waals surface area contributed by atoms with Gasteiger partial charge in [0.2, 0.25) is 0 Å². The molecule has 0 amide bonds. The largest absolute Gasteiger partial charge is 0 e. The molecular weight excluding hydrogens is 1140 g/mol. The van der Waals surface area contributed by atoms with Crippen molar-refractivity contribution in [3.63, 3.8) is 0 Å². The normalized spacial score (nSPS) is 14.1. The second-order valence-electron chi connectivity index (χ2n) is 21.2. The van der Waals surface area contributed by atoms with E-state index in [4.69, 9.17) is 9.40 Å². The summed E-state index contributed by atoms with van der Waals surface area (Å²) in [6.07, 6.45) is 1.87. The first-order chi connectivity index (χ1) is 31.8. The van der Waals surface area contributed by atoms with Crippen molar-refractivity contribution in [3.05, 3.63) is 162 Å². The van der Waals surface area contributed by atoms with Crippen molar-refractivity contribution in [2.45, 2.75) is 99.2 Å². The molecule has 0 saturated heterocycles. The number of hydrogen-bond acceptors (Lipinski definition) is 4. The van der Waals surface area contributed by atoms with Gasteiger partial charge in [0, 0.05) is 37.5 Å². The van der Waals surface area contributed by atoms with E-state index in [1.807, 2.05) is 42.6 Å². The molecule has 9 aromatic rings. The first kappa shape index (κ1) is 49.3. The minimum Gasteiger partial charge on any atom is 0 e. The summed E-state index contributed by atoms with van der Waals surface area (Å²) in [6, 6.07) is 47.7. The van der Waals surface area contributed by atoms with Gasteiger partial charge in [0.15, 0.2) is 0 Å². The molecule has 0 aliphatic carbocycles. The van der Waals surface area contributed by atoms with E-state index in [9.17, 15) is 9.65 Å². The van der Waals surface area contributed by atoms with E-state index in [0.29, 0.717) is 11.1 Å². The summed E-state index contributed by atoms with van der Waals surface area (Å²) in [5.41, 5.74) is 14.2. The van der Waals surface area contributed by atoms with Crippen molar-refractivity contribution in [1.82, 2.24) is 14.5 Å². The topological polar surface area (TPSA) is 67.6 Å². The summed E-state index contributed by atoms with van der Waals surface area (Å²) in [6.45, 7) is 15.7. The minimum absolute atomic E-state index is 0. The maximum Gasteiger partial charge on any atom is 0 e. The number of halogens is 1. The summed E-state index contributed by atoms with van der Waals surface area (Å²) >= 11 is -4.08. The number of hydrogen-bond donors (Lipinski definition) is 0. The minimum atomic E-state index is -2.09. The maximum atomic E-state index is 12.8. The van der Waals surface area contributed by atoms with Crippen LogP contribution in [-0.2, 0) is 25.5 Å². The number of imidazole rings is 1. The number of rotatable bonds is 6. The van der Waals surface area contributed by atoms with Crippen LogP contribution in [0.1, 0.15) is 82.6 Å². The Morgan fingerprint density at radius 2 is 1.47 bits per heavy atom. The summed E-state index contributed by atoms with van der Waals surface area (Å²) < 4.78 is 25.2. The number of fused-ring (bicyclic) bond motifs is 5. The second kappa shape index (κ2) is 19.0. The molecule has 0 saturated carbocycles. The molecular formula is C59H59FGe2IrN4O-2. The van der Waals surface area contributed by atoms with Crippen molar-refractivity contribution in [2.75, 3.05) is 0 Å². The molecule has 9 heteroatoms. The van der Waals surface area contributed by atoms with Crippen LogP contribution in [0, 0.1) is 29.3 Å². The van der Waals surface area contributed by atoms with Crippen LogP contribution in [0.5, 0.6) is 0 Å². The molecule has 1 aliphatic rings. The van der Waals surface area contributed by atoms with Gasteiger partial charge >= 0.3 is 250 Å². The Hall–Kier alpha value is -5.10. The summed E-state index contributed by atoms with van der Waals surface area (Å²) in [4.78, 5) is 9.69. The van der Waals surface area contributed by atoms with Gasteiger partial charge in [0.1, 0.15) is 5.58 Å². The average molecular weight is 1200 g/mol. The standard InChI is InChI=1S/C44H44Ge2N3O.C15H15FN.Ir/c1-27(2)35-23-31(30-17-19-37-38(25-30)46(7,8)21-20-45(37,5)6)24-36(28(3)4)42(35)49-40-15-10-9-14-39(40)48-44(49)34-13-11-12-33-32-18-16-29(26-47)22-41(32)50-43(33)34;1-15(2,3)12-6-9-14(17-10-12)11-4-7-13(16)8-5-11;/h9-12,14-19,22-25,27-28H,20-21H2,1-8H3;4,6-10H,1-3H3;/q2*-1;. The fourth-order valence-electron chi connectivity index (χ4n) is 9.71. The Balaban J connectivity index is 0.000000293. The molecule has 0 N–H and O–H groups in total. The van der Waals surface area contributed by atoms with Crippen LogP contribution >= 0.6 is 0 Å². The zero-order chi connectivity index (χ0) is 47.6. The summed E-state index contributed by atoms with van der Waals surface area (Å²) in [5.74, 6) is 11.5. The van der Waals surface area contributed by atoms with E-state index in [2.05, 4.69) is 160 Å². The molecule has 68 heavy (non-hydrogen) atoms. The van der Waals surface area contributed by atoms with Crippen molar-refractivity contribution < 1.29 is 28.9 Å². The van der Waals surface area contributed by atoms with E-state index in [1.54, 1.807) is 14.9 Å². The number of aromatic nitrogens is 3. The third-order valence-corrected chi connectivity index (χ3v) is 31.3. The van der Waals surface area contributed by atoms with E-state index in [0.717, 1.165) is 50.0 Å². The van der Waals surface area contributed by atoms with Gasteiger partial charge in [-0.25, -0.2) is 0 Å². The van der Waals surface area contributed by atoms with Crippen LogP contribution < -0.4 is 8.79 Å². The number of furan rings is 1. The number of nitrogens with zero attached hydrogens (tertiary/aromatic N) is 4. The zero-order valence-corrected chi connectivity index (χ0v) is 47.6. The molecule has 347 valence electrons. The van der Waals surface area contributed by atoms with E-state index in [1.165, 1.54) is 56.1 Å². The van der Waals surface area contributed by atoms with Gasteiger partial charge in [-0.1, -0.05) is 39.0 Å². The van der Waals surface area contributed by atoms with Crippen LogP contribution in [0.2, 0.25) is 33.5 Å². The monoisotopic (exact) mass is 1200 g/mol. The van der Waals surface area contributed by atoms with Gasteiger partial charge in [0.25, 0.3) is 0 Å². The van der Waals surface area contributed by atoms with Gasteiger partial charge in [-0.2, -0.15) is 5.26 Å². The molecule has 4 heterocycles. The Labute approximate surface area is 420 Å². The number of benzene rings is 6. The van der Waals surface area contributed by atoms with Crippen LogP contribution in [0.25, 0.3) is 72.4 Å². The fourth-order valence-corrected chi connectivity index (χ4v) is 40.1. The Morgan fingerprint density at radius 1 is 0.765 bits per heavy atom. The fraction of sp³-hybridized carbons (Fsp3) is 0.271. The summed E-state index contributed by atoms with van der Waals surface area (Å²) in [5, 5.41) is 14.5. The summed E-state index contributed by atoms with van der Waals surface area (Å²) in [7, 11) is 0. The molecule has 0 fully saturated rings. The van der Waals surface area contributed by atoms with Gasteiger partial charge in [0.05, 0.1) is 11.6 Å². The third kappa shape index (κ3) is 9.34. The molecule has 6 aromatic carbocycles. The van der Waals surface area contributed by atoms with Crippen molar-refractivity contribution in [3.8, 4) is 45.5 Å². The molecule has 3 aromatic heterocycles. The quantitative estimate of drug-likeness (QED) is 0.123. The molecule has 1 aliphatic heterocycles. The molecule has 0 atom stereocenters. The Bertz CT molecular complexity index is 3340. The van der Waals surface area contributed by atoms with Crippen molar-refractivity contribution in [2.24, 2.45) is 0 Å². The average Bonchev–Trinajstić information content (AvgIpc) is 3.88. The number of para-hydroxylation sites is 2. The van der Waals surface area contributed by atoms with Crippen molar-refractivity contribution in [1.29, 1.82) is 5.26 Å². The Morgan fingerprint density at radius 3 is 2.10 bits per heavy atom. The SMILES string of the molecule is CC(C)(C)c1ccc(-c2[c-]cc(F)cc2)nc1.CC(C)c1cc(-c2cc[c]3[c](c2)[Ge]([CH3])([CH3])[CH2][CH2][Ge]3([CH3])[CH3])cc(C(C)C)c1-n1c(-c2[c-]ccc3c2oc2cc(C#N)ccc23)nc2ccccc21.[Ir]. The number of nitriles is 1. The molecule has 5 nitrogen and oxygen atoms in total.